The van der Waals surface area contributed by atoms with E-state index >= 15 is 0 Å². The summed E-state index contributed by atoms with van der Waals surface area (Å²) < 4.78 is 20.4. The lowest BCUT2D eigenvalue weighted by molar-refractivity contribution is 0.386. The van der Waals surface area contributed by atoms with Crippen LogP contribution < -0.4 is 4.74 Å². The van der Waals surface area contributed by atoms with Crippen LogP contribution in [0, 0.1) is 5.82 Å². The SMILES string of the molecule is COc1ccc(C(Cl)c2cc(Br)ccc2Br)cc1F. The summed E-state index contributed by atoms with van der Waals surface area (Å²) in [7, 11) is 1.43. The number of rotatable bonds is 3. The molecule has 0 aliphatic carbocycles. The van der Waals surface area contributed by atoms with E-state index in [0.29, 0.717) is 5.56 Å². The number of hydrogen-bond acceptors (Lipinski definition) is 1. The Hall–Kier alpha value is -0.580. The Morgan fingerprint density at radius 3 is 2.53 bits per heavy atom. The highest BCUT2D eigenvalue weighted by Crippen LogP contribution is 2.36. The van der Waals surface area contributed by atoms with E-state index < -0.39 is 11.2 Å². The molecule has 0 aliphatic heterocycles. The molecule has 0 saturated heterocycles. The van der Waals surface area contributed by atoms with Crippen molar-refractivity contribution >= 4 is 43.5 Å². The Labute approximate surface area is 133 Å². The van der Waals surface area contributed by atoms with Gasteiger partial charge in [0.2, 0.25) is 0 Å². The Kier molecular flexibility index (Phi) is 4.87. The van der Waals surface area contributed by atoms with Crippen molar-refractivity contribution in [1.29, 1.82) is 0 Å². The molecule has 19 heavy (non-hydrogen) atoms. The van der Waals surface area contributed by atoms with Crippen LogP contribution in [0.25, 0.3) is 0 Å². The molecule has 2 rings (SSSR count). The Balaban J connectivity index is 2.41. The number of alkyl halides is 1. The lowest BCUT2D eigenvalue weighted by Crippen LogP contribution is -1.97. The number of hydrogen-bond donors (Lipinski definition) is 0. The molecule has 0 amide bonds. The smallest absolute Gasteiger partial charge is 0.165 e. The van der Waals surface area contributed by atoms with Gasteiger partial charge in [0.1, 0.15) is 0 Å². The monoisotopic (exact) mass is 406 g/mol. The van der Waals surface area contributed by atoms with Gasteiger partial charge in [0.15, 0.2) is 11.6 Å². The third kappa shape index (κ3) is 3.30. The fraction of sp³-hybridized carbons (Fsp3) is 0.143. The average molecular weight is 408 g/mol. The first kappa shape index (κ1) is 14.8. The summed E-state index contributed by atoms with van der Waals surface area (Å²) in [6, 6.07) is 10.4. The van der Waals surface area contributed by atoms with E-state index in [0.717, 1.165) is 14.5 Å². The Morgan fingerprint density at radius 2 is 1.89 bits per heavy atom. The second-order valence-corrected chi connectivity index (χ2v) is 6.13. The fourth-order valence-corrected chi connectivity index (χ4v) is 3.03. The molecular formula is C14H10Br2ClFO. The van der Waals surface area contributed by atoms with Crippen LogP contribution in [0.3, 0.4) is 0 Å². The van der Waals surface area contributed by atoms with Crippen molar-refractivity contribution in [1.82, 2.24) is 0 Å². The van der Waals surface area contributed by atoms with Gasteiger partial charge in [0, 0.05) is 8.95 Å². The van der Waals surface area contributed by atoms with E-state index in [1.165, 1.54) is 13.2 Å². The molecule has 5 heteroatoms. The molecule has 1 nitrogen and oxygen atoms in total. The molecule has 0 bridgehead atoms. The van der Waals surface area contributed by atoms with Crippen LogP contribution in [0.5, 0.6) is 5.75 Å². The van der Waals surface area contributed by atoms with Crippen LogP contribution in [0.15, 0.2) is 45.3 Å². The third-order valence-electron chi connectivity index (χ3n) is 2.70. The normalized spacial score (nSPS) is 12.3. The van der Waals surface area contributed by atoms with Crippen molar-refractivity contribution in [2.24, 2.45) is 0 Å². The Morgan fingerprint density at radius 1 is 1.16 bits per heavy atom. The van der Waals surface area contributed by atoms with E-state index in [2.05, 4.69) is 31.9 Å². The van der Waals surface area contributed by atoms with E-state index in [1.807, 2.05) is 18.2 Å². The zero-order valence-electron chi connectivity index (χ0n) is 9.96. The van der Waals surface area contributed by atoms with E-state index in [9.17, 15) is 4.39 Å². The number of benzene rings is 2. The summed E-state index contributed by atoms with van der Waals surface area (Å²) in [5.41, 5.74) is 1.55. The zero-order chi connectivity index (χ0) is 14.0. The van der Waals surface area contributed by atoms with Crippen LogP contribution in [0.1, 0.15) is 16.5 Å². The third-order valence-corrected chi connectivity index (χ3v) is 4.40. The van der Waals surface area contributed by atoms with Gasteiger partial charge in [-0.1, -0.05) is 37.9 Å². The summed E-state index contributed by atoms with van der Waals surface area (Å²) in [5, 5.41) is -0.438. The van der Waals surface area contributed by atoms with Crippen molar-refractivity contribution in [3.05, 3.63) is 62.3 Å². The largest absolute Gasteiger partial charge is 0.494 e. The van der Waals surface area contributed by atoms with Crippen molar-refractivity contribution in [2.45, 2.75) is 5.38 Å². The van der Waals surface area contributed by atoms with Crippen molar-refractivity contribution in [3.63, 3.8) is 0 Å². The van der Waals surface area contributed by atoms with E-state index in [-0.39, 0.29) is 5.75 Å². The molecule has 0 aromatic heterocycles. The number of halogens is 4. The zero-order valence-corrected chi connectivity index (χ0v) is 13.9. The molecule has 0 aliphatic rings. The first-order valence-electron chi connectivity index (χ1n) is 5.45. The van der Waals surface area contributed by atoms with Crippen LogP contribution in [-0.2, 0) is 0 Å². The summed E-state index contributed by atoms with van der Waals surface area (Å²) in [6.45, 7) is 0. The van der Waals surface area contributed by atoms with Crippen molar-refractivity contribution in [2.75, 3.05) is 7.11 Å². The minimum atomic E-state index is -0.438. The summed E-state index contributed by atoms with van der Waals surface area (Å²) in [5.74, 6) is -0.210. The lowest BCUT2D eigenvalue weighted by Gasteiger charge is -2.14. The molecule has 2 aromatic rings. The van der Waals surface area contributed by atoms with Gasteiger partial charge in [-0.05, 0) is 41.5 Å². The highest BCUT2D eigenvalue weighted by atomic mass is 79.9. The molecule has 1 unspecified atom stereocenters. The van der Waals surface area contributed by atoms with Crippen LogP contribution >= 0.6 is 43.5 Å². The lowest BCUT2D eigenvalue weighted by atomic mass is 10.0. The van der Waals surface area contributed by atoms with Gasteiger partial charge in [0.05, 0.1) is 12.5 Å². The minimum absolute atomic E-state index is 0.209. The predicted octanol–water partition coefficient (Wildman–Crippen LogP) is 5.69. The summed E-state index contributed by atoms with van der Waals surface area (Å²) in [4.78, 5) is 0. The standard InChI is InChI=1S/C14H10Br2ClFO/c1-19-13-5-2-8(6-12(13)18)14(17)10-7-9(15)3-4-11(10)16/h2-7,14H,1H3. The number of ether oxygens (including phenoxy) is 1. The van der Waals surface area contributed by atoms with Gasteiger partial charge < -0.3 is 4.74 Å². The maximum Gasteiger partial charge on any atom is 0.165 e. The van der Waals surface area contributed by atoms with Crippen molar-refractivity contribution < 1.29 is 9.13 Å². The molecule has 2 aromatic carbocycles. The predicted molar refractivity (Wildman–Crippen MR) is 82.5 cm³/mol. The maximum atomic E-state index is 13.7. The fourth-order valence-electron chi connectivity index (χ4n) is 1.73. The van der Waals surface area contributed by atoms with Gasteiger partial charge in [-0.15, -0.1) is 11.6 Å². The molecule has 100 valence electrons. The quantitative estimate of drug-likeness (QED) is 0.593. The topological polar surface area (TPSA) is 9.23 Å². The second-order valence-electron chi connectivity index (χ2n) is 3.92. The van der Waals surface area contributed by atoms with Crippen LogP contribution in [0.2, 0.25) is 0 Å². The summed E-state index contributed by atoms with van der Waals surface area (Å²) >= 11 is 13.3. The van der Waals surface area contributed by atoms with Gasteiger partial charge in [0.25, 0.3) is 0 Å². The second kappa shape index (κ2) is 6.25. The first-order chi connectivity index (χ1) is 9.02. The highest BCUT2D eigenvalue weighted by molar-refractivity contribution is 9.11. The van der Waals surface area contributed by atoms with E-state index in [4.69, 9.17) is 16.3 Å². The molecule has 1 atom stereocenters. The highest BCUT2D eigenvalue weighted by Gasteiger charge is 2.16. The van der Waals surface area contributed by atoms with Crippen LogP contribution in [-0.4, -0.2) is 7.11 Å². The molecule has 0 saturated carbocycles. The van der Waals surface area contributed by atoms with Gasteiger partial charge >= 0.3 is 0 Å². The molecule has 0 heterocycles. The molecule has 0 fully saturated rings. The van der Waals surface area contributed by atoms with E-state index in [1.54, 1.807) is 12.1 Å². The minimum Gasteiger partial charge on any atom is -0.494 e. The molecule has 0 spiro atoms. The van der Waals surface area contributed by atoms with Gasteiger partial charge in [-0.3, -0.25) is 0 Å². The molecular weight excluding hydrogens is 398 g/mol. The van der Waals surface area contributed by atoms with Gasteiger partial charge in [-0.25, -0.2) is 4.39 Å². The Bertz CT molecular complexity index is 604. The average Bonchev–Trinajstić information content (AvgIpc) is 2.40. The van der Waals surface area contributed by atoms with Crippen molar-refractivity contribution in [3.8, 4) is 5.75 Å². The molecule has 0 radical (unpaired) electrons. The van der Waals surface area contributed by atoms with Gasteiger partial charge in [-0.2, -0.15) is 0 Å². The van der Waals surface area contributed by atoms with Crippen LogP contribution in [0.4, 0.5) is 4.39 Å². The summed E-state index contributed by atoms with van der Waals surface area (Å²) in [6.07, 6.45) is 0. The molecule has 0 N–H and O–H groups in total. The number of methoxy groups -OCH3 is 1. The maximum absolute atomic E-state index is 13.7. The first-order valence-corrected chi connectivity index (χ1v) is 7.47.